The summed E-state index contributed by atoms with van der Waals surface area (Å²) in [6, 6.07) is -0.634. The van der Waals surface area contributed by atoms with Crippen LogP contribution in [0, 0.1) is 5.92 Å². The van der Waals surface area contributed by atoms with Crippen molar-refractivity contribution in [1.82, 2.24) is 0 Å². The molecule has 1 atom stereocenters. The van der Waals surface area contributed by atoms with Gasteiger partial charge < -0.3 is 10.8 Å². The monoisotopic (exact) mass is 179 g/mol. The van der Waals surface area contributed by atoms with Crippen LogP contribution in [0.25, 0.3) is 0 Å². The Bertz CT molecular complexity index is 136. The largest absolute Gasteiger partial charge is 0.480 e. The molecule has 0 aromatic carbocycles. The molecule has 0 aliphatic heterocycles. The van der Waals surface area contributed by atoms with Gasteiger partial charge in [-0.15, -0.1) is 12.4 Å². The maximum atomic E-state index is 10.2. The zero-order valence-electron chi connectivity index (χ0n) is 6.32. The number of aliphatic carboxylic acids is 1. The van der Waals surface area contributed by atoms with Gasteiger partial charge in [0.25, 0.3) is 0 Å². The summed E-state index contributed by atoms with van der Waals surface area (Å²) in [5.74, 6) is -0.280. The second-order valence-electron chi connectivity index (χ2n) is 2.98. The Morgan fingerprint density at radius 1 is 1.64 bits per heavy atom. The molecule has 11 heavy (non-hydrogen) atoms. The van der Waals surface area contributed by atoms with Crippen LogP contribution in [0.3, 0.4) is 0 Å². The average Bonchev–Trinajstić information content (AvgIpc) is 1.77. The molecule has 1 aliphatic carbocycles. The summed E-state index contributed by atoms with van der Waals surface area (Å²) < 4.78 is 0. The predicted octanol–water partition coefficient (Wildman–Crippen LogP) is 1.01. The Labute approximate surface area is 72.4 Å². The molecule has 0 amide bonds. The third kappa shape index (κ3) is 3.08. The molecule has 3 nitrogen and oxygen atoms in total. The lowest BCUT2D eigenvalue weighted by Gasteiger charge is -2.26. The normalized spacial score (nSPS) is 19.7. The van der Waals surface area contributed by atoms with E-state index in [4.69, 9.17) is 10.8 Å². The number of rotatable bonds is 3. The number of carboxylic acid groups (broad SMARTS) is 1. The highest BCUT2D eigenvalue weighted by atomic mass is 35.5. The SMILES string of the molecule is Cl.N[C@H](CC1CCC1)C(=O)O. The van der Waals surface area contributed by atoms with Crippen molar-refractivity contribution in [2.75, 3.05) is 0 Å². The first kappa shape index (κ1) is 10.7. The topological polar surface area (TPSA) is 63.3 Å². The van der Waals surface area contributed by atoms with Gasteiger partial charge in [-0.3, -0.25) is 4.79 Å². The third-order valence-corrected chi connectivity index (χ3v) is 2.13. The highest BCUT2D eigenvalue weighted by Gasteiger charge is 2.23. The van der Waals surface area contributed by atoms with Gasteiger partial charge in [-0.2, -0.15) is 0 Å². The third-order valence-electron chi connectivity index (χ3n) is 2.13. The molecule has 4 heteroatoms. The molecule has 66 valence electrons. The van der Waals surface area contributed by atoms with E-state index in [1.54, 1.807) is 0 Å². The van der Waals surface area contributed by atoms with Gasteiger partial charge in [-0.25, -0.2) is 0 Å². The van der Waals surface area contributed by atoms with Crippen molar-refractivity contribution in [2.45, 2.75) is 31.7 Å². The lowest BCUT2D eigenvalue weighted by Crippen LogP contribution is -2.33. The number of carboxylic acids is 1. The van der Waals surface area contributed by atoms with Crippen LogP contribution >= 0.6 is 12.4 Å². The molecule has 0 aromatic heterocycles. The number of hydrogen-bond donors (Lipinski definition) is 2. The number of hydrogen-bond acceptors (Lipinski definition) is 2. The predicted molar refractivity (Wildman–Crippen MR) is 44.8 cm³/mol. The first-order valence-electron chi connectivity index (χ1n) is 3.68. The first-order valence-corrected chi connectivity index (χ1v) is 3.68. The van der Waals surface area contributed by atoms with E-state index in [1.807, 2.05) is 0 Å². The summed E-state index contributed by atoms with van der Waals surface area (Å²) in [5, 5.41) is 8.43. The van der Waals surface area contributed by atoms with Crippen molar-refractivity contribution in [3.63, 3.8) is 0 Å². The fraction of sp³-hybridized carbons (Fsp3) is 0.857. The molecule has 0 heterocycles. The van der Waals surface area contributed by atoms with E-state index in [1.165, 1.54) is 19.3 Å². The van der Waals surface area contributed by atoms with E-state index >= 15 is 0 Å². The van der Waals surface area contributed by atoms with Gasteiger partial charge in [-0.05, 0) is 12.3 Å². The Morgan fingerprint density at radius 3 is 2.45 bits per heavy atom. The average molecular weight is 180 g/mol. The summed E-state index contributed by atoms with van der Waals surface area (Å²) in [5.41, 5.74) is 5.33. The van der Waals surface area contributed by atoms with Crippen molar-refractivity contribution >= 4 is 18.4 Å². The van der Waals surface area contributed by atoms with E-state index in [-0.39, 0.29) is 12.4 Å². The Kier molecular flexibility index (Phi) is 4.45. The first-order chi connectivity index (χ1) is 4.70. The molecule has 1 rings (SSSR count). The molecule has 3 N–H and O–H groups in total. The van der Waals surface area contributed by atoms with Crippen LogP contribution in [0.2, 0.25) is 0 Å². The van der Waals surface area contributed by atoms with Crippen LogP contribution in [0.5, 0.6) is 0 Å². The van der Waals surface area contributed by atoms with Gasteiger partial charge in [0, 0.05) is 0 Å². The fourth-order valence-corrected chi connectivity index (χ4v) is 1.19. The van der Waals surface area contributed by atoms with Crippen molar-refractivity contribution < 1.29 is 9.90 Å². The molecule has 0 radical (unpaired) electrons. The van der Waals surface area contributed by atoms with Crippen LogP contribution in [0.4, 0.5) is 0 Å². The minimum absolute atomic E-state index is 0. The van der Waals surface area contributed by atoms with Crippen LogP contribution < -0.4 is 5.73 Å². The summed E-state index contributed by atoms with van der Waals surface area (Å²) in [6.45, 7) is 0. The van der Waals surface area contributed by atoms with Gasteiger partial charge in [0.05, 0.1) is 0 Å². The number of carbonyl (C=O) groups is 1. The van der Waals surface area contributed by atoms with Crippen molar-refractivity contribution in [1.29, 1.82) is 0 Å². The highest BCUT2D eigenvalue weighted by molar-refractivity contribution is 5.85. The van der Waals surface area contributed by atoms with Gasteiger partial charge >= 0.3 is 5.97 Å². The van der Waals surface area contributed by atoms with E-state index < -0.39 is 12.0 Å². The second-order valence-corrected chi connectivity index (χ2v) is 2.98. The van der Waals surface area contributed by atoms with Crippen LogP contribution in [0.15, 0.2) is 0 Å². The zero-order valence-corrected chi connectivity index (χ0v) is 7.14. The molecule has 0 bridgehead atoms. The minimum atomic E-state index is -0.869. The van der Waals surface area contributed by atoms with E-state index in [0.717, 1.165) is 0 Å². The molecule has 0 saturated heterocycles. The lowest BCUT2D eigenvalue weighted by atomic mass is 9.81. The van der Waals surface area contributed by atoms with Crippen molar-refractivity contribution in [3.05, 3.63) is 0 Å². The van der Waals surface area contributed by atoms with Gasteiger partial charge in [-0.1, -0.05) is 19.3 Å². The van der Waals surface area contributed by atoms with Crippen molar-refractivity contribution in [2.24, 2.45) is 11.7 Å². The fourth-order valence-electron chi connectivity index (χ4n) is 1.19. The summed E-state index contributed by atoms with van der Waals surface area (Å²) in [7, 11) is 0. The van der Waals surface area contributed by atoms with E-state index in [9.17, 15) is 4.79 Å². The maximum absolute atomic E-state index is 10.2. The van der Waals surface area contributed by atoms with E-state index in [2.05, 4.69) is 0 Å². The standard InChI is InChI=1S/C7H13NO2.ClH/c8-6(7(9)10)4-5-2-1-3-5;/h5-6H,1-4,8H2,(H,9,10);1H/t6-;/m1./s1. The Morgan fingerprint density at radius 2 is 2.18 bits per heavy atom. The molecular weight excluding hydrogens is 166 g/mol. The van der Waals surface area contributed by atoms with E-state index in [0.29, 0.717) is 12.3 Å². The maximum Gasteiger partial charge on any atom is 0.320 e. The molecule has 0 spiro atoms. The Balaban J connectivity index is 0.000001000. The molecule has 0 aromatic rings. The smallest absolute Gasteiger partial charge is 0.320 e. The van der Waals surface area contributed by atoms with Gasteiger partial charge in [0.1, 0.15) is 6.04 Å². The minimum Gasteiger partial charge on any atom is -0.480 e. The summed E-state index contributed by atoms with van der Waals surface area (Å²) in [4.78, 5) is 10.2. The molecule has 1 fully saturated rings. The van der Waals surface area contributed by atoms with Crippen LogP contribution in [-0.2, 0) is 4.79 Å². The Hall–Kier alpha value is -0.280. The molecule has 0 unspecified atom stereocenters. The molecule has 1 aliphatic rings. The molecule has 1 saturated carbocycles. The lowest BCUT2D eigenvalue weighted by molar-refractivity contribution is -0.139. The quantitative estimate of drug-likeness (QED) is 0.680. The van der Waals surface area contributed by atoms with Crippen LogP contribution in [-0.4, -0.2) is 17.1 Å². The second kappa shape index (κ2) is 4.57. The number of nitrogens with two attached hydrogens (primary N) is 1. The van der Waals surface area contributed by atoms with Gasteiger partial charge in [0.15, 0.2) is 0 Å². The van der Waals surface area contributed by atoms with Crippen molar-refractivity contribution in [3.8, 4) is 0 Å². The van der Waals surface area contributed by atoms with Gasteiger partial charge in [0.2, 0.25) is 0 Å². The summed E-state index contributed by atoms with van der Waals surface area (Å²) in [6.07, 6.45) is 4.24. The summed E-state index contributed by atoms with van der Waals surface area (Å²) >= 11 is 0. The number of halogens is 1. The zero-order chi connectivity index (χ0) is 7.56. The van der Waals surface area contributed by atoms with Crippen LogP contribution in [0.1, 0.15) is 25.7 Å². The molecular formula is C7H14ClNO2. The highest BCUT2D eigenvalue weighted by Crippen LogP contribution is 2.29.